The van der Waals surface area contributed by atoms with Crippen molar-refractivity contribution in [1.29, 1.82) is 0 Å². The molecule has 0 spiro atoms. The van der Waals surface area contributed by atoms with Crippen LogP contribution in [0.25, 0.3) is 21.1 Å². The number of carbonyl (C=O) groups is 1. The van der Waals surface area contributed by atoms with Crippen molar-refractivity contribution in [2.24, 2.45) is 0 Å². The zero-order chi connectivity index (χ0) is 19.7. The van der Waals surface area contributed by atoms with E-state index in [1.165, 1.54) is 23.5 Å². The van der Waals surface area contributed by atoms with Crippen LogP contribution >= 0.6 is 34.7 Å². The van der Waals surface area contributed by atoms with Crippen LogP contribution in [0.15, 0.2) is 42.5 Å². The Hall–Kier alpha value is -2.09. The van der Waals surface area contributed by atoms with Gasteiger partial charge in [-0.25, -0.2) is 9.37 Å². The zero-order valence-electron chi connectivity index (χ0n) is 15.0. The number of amides is 1. The van der Waals surface area contributed by atoms with Crippen molar-refractivity contribution < 1.29 is 9.18 Å². The second kappa shape index (κ2) is 8.11. The van der Waals surface area contributed by atoms with E-state index in [1.807, 2.05) is 30.5 Å². The van der Waals surface area contributed by atoms with Gasteiger partial charge >= 0.3 is 0 Å². The van der Waals surface area contributed by atoms with Crippen LogP contribution in [0.4, 0.5) is 4.39 Å². The van der Waals surface area contributed by atoms with Crippen LogP contribution in [0.3, 0.4) is 0 Å². The average molecular weight is 434 g/mol. The maximum atomic E-state index is 13.5. The van der Waals surface area contributed by atoms with Crippen molar-refractivity contribution in [3.63, 3.8) is 0 Å². The molecule has 0 saturated carbocycles. The number of carbonyl (C=O) groups excluding carboxylic acids is 1. The fourth-order valence-electron chi connectivity index (χ4n) is 3.06. The fraction of sp³-hybridized carbons (Fsp3) is 0.200. The van der Waals surface area contributed by atoms with E-state index < -0.39 is 0 Å². The quantitative estimate of drug-likeness (QED) is 0.404. The summed E-state index contributed by atoms with van der Waals surface area (Å²) >= 11 is 9.30. The highest BCUT2D eigenvalue weighted by molar-refractivity contribution is 7.98. The van der Waals surface area contributed by atoms with Gasteiger partial charge in [0.05, 0.1) is 22.1 Å². The maximum absolute atomic E-state index is 13.5. The second-order valence-corrected chi connectivity index (χ2v) is 8.75. The molecule has 0 radical (unpaired) electrons. The molecule has 0 bridgehead atoms. The normalized spacial score (nSPS) is 12.5. The topological polar surface area (TPSA) is 57.8 Å². The van der Waals surface area contributed by atoms with Crippen LogP contribution in [-0.4, -0.2) is 27.9 Å². The molecule has 144 valence electrons. The van der Waals surface area contributed by atoms with Crippen molar-refractivity contribution in [3.05, 3.63) is 64.0 Å². The molecule has 2 heterocycles. The number of fused-ring (bicyclic) bond motifs is 2. The summed E-state index contributed by atoms with van der Waals surface area (Å²) in [5, 5.41) is 4.08. The summed E-state index contributed by atoms with van der Waals surface area (Å²) < 4.78 is 14.2. The molecule has 4 rings (SSSR count). The molecule has 4 nitrogen and oxygen atoms in total. The van der Waals surface area contributed by atoms with Crippen LogP contribution in [0.5, 0.6) is 0 Å². The fourth-order valence-corrected chi connectivity index (χ4v) is 4.98. The van der Waals surface area contributed by atoms with Gasteiger partial charge in [0.15, 0.2) is 0 Å². The Bertz CT molecular complexity index is 1120. The Morgan fingerprint density at radius 1 is 1.36 bits per heavy atom. The number of aromatic nitrogens is 2. The van der Waals surface area contributed by atoms with E-state index in [4.69, 9.17) is 11.6 Å². The number of rotatable bonds is 6. The predicted molar refractivity (Wildman–Crippen MR) is 116 cm³/mol. The van der Waals surface area contributed by atoms with Crippen molar-refractivity contribution in [2.75, 3.05) is 12.0 Å². The van der Waals surface area contributed by atoms with Gasteiger partial charge in [-0.15, -0.1) is 11.3 Å². The first-order chi connectivity index (χ1) is 13.6. The minimum Gasteiger partial charge on any atom is -0.341 e. The van der Waals surface area contributed by atoms with Gasteiger partial charge in [-0.1, -0.05) is 23.7 Å². The van der Waals surface area contributed by atoms with Crippen molar-refractivity contribution >= 4 is 61.7 Å². The molecule has 0 fully saturated rings. The average Bonchev–Trinajstić information content (AvgIpc) is 3.26. The van der Waals surface area contributed by atoms with Crippen molar-refractivity contribution in [3.8, 4) is 0 Å². The van der Waals surface area contributed by atoms with E-state index in [1.54, 1.807) is 17.8 Å². The van der Waals surface area contributed by atoms with E-state index in [0.717, 1.165) is 23.2 Å². The molecule has 0 aliphatic heterocycles. The molecule has 1 amide bonds. The summed E-state index contributed by atoms with van der Waals surface area (Å²) in [5.74, 6) is 0.954. The minimum atomic E-state index is -0.350. The van der Waals surface area contributed by atoms with Gasteiger partial charge in [0, 0.05) is 10.1 Å². The molecule has 1 unspecified atom stereocenters. The van der Waals surface area contributed by atoms with Crippen LogP contribution in [0.2, 0.25) is 5.02 Å². The van der Waals surface area contributed by atoms with E-state index in [2.05, 4.69) is 15.3 Å². The Morgan fingerprint density at radius 3 is 2.96 bits per heavy atom. The molecule has 0 aliphatic rings. The first-order valence-electron chi connectivity index (χ1n) is 8.69. The van der Waals surface area contributed by atoms with Crippen LogP contribution in [-0.2, 0) is 0 Å². The predicted octanol–water partition coefficient (Wildman–Crippen LogP) is 5.79. The molecule has 8 heteroatoms. The number of thioether (sulfide) groups is 1. The second-order valence-electron chi connectivity index (χ2n) is 6.33. The monoisotopic (exact) mass is 433 g/mol. The minimum absolute atomic E-state index is 0.273. The highest BCUT2D eigenvalue weighted by atomic mass is 35.5. The first-order valence-corrected chi connectivity index (χ1v) is 11.3. The number of imidazole rings is 1. The number of hydrogen-bond donors (Lipinski definition) is 2. The van der Waals surface area contributed by atoms with Crippen molar-refractivity contribution in [1.82, 2.24) is 15.3 Å². The molecule has 2 aromatic heterocycles. The van der Waals surface area contributed by atoms with E-state index in [9.17, 15) is 9.18 Å². The van der Waals surface area contributed by atoms with E-state index in [-0.39, 0.29) is 17.8 Å². The molecule has 4 aromatic rings. The summed E-state index contributed by atoms with van der Waals surface area (Å²) in [6, 6.07) is 11.8. The molecule has 2 N–H and O–H groups in total. The SMILES string of the molecule is CSCCC(NC(=O)c1sc2cc(F)ccc2c1Cl)c1nc2ccccc2[nH]1. The third-order valence-electron chi connectivity index (χ3n) is 4.45. The Morgan fingerprint density at radius 2 is 2.18 bits per heavy atom. The molecular weight excluding hydrogens is 417 g/mol. The summed E-state index contributed by atoms with van der Waals surface area (Å²) in [6.45, 7) is 0. The molecule has 28 heavy (non-hydrogen) atoms. The number of nitrogens with one attached hydrogen (secondary N) is 2. The number of para-hydroxylation sites is 2. The maximum Gasteiger partial charge on any atom is 0.263 e. The van der Waals surface area contributed by atoms with Crippen molar-refractivity contribution in [2.45, 2.75) is 12.5 Å². The van der Waals surface area contributed by atoms with Crippen LogP contribution in [0.1, 0.15) is 28.0 Å². The summed E-state index contributed by atoms with van der Waals surface area (Å²) in [6.07, 6.45) is 2.75. The van der Waals surface area contributed by atoms with Gasteiger partial charge in [0.25, 0.3) is 5.91 Å². The molecule has 0 aliphatic carbocycles. The van der Waals surface area contributed by atoms with Crippen LogP contribution < -0.4 is 5.32 Å². The third kappa shape index (κ3) is 3.74. The Kier molecular flexibility index (Phi) is 5.57. The highest BCUT2D eigenvalue weighted by Crippen LogP contribution is 2.36. The molecular formula is C20H17ClFN3OS2. The number of benzene rings is 2. The van der Waals surface area contributed by atoms with Gasteiger partial charge in [0.1, 0.15) is 16.5 Å². The highest BCUT2D eigenvalue weighted by Gasteiger charge is 2.23. The molecule has 0 saturated heterocycles. The number of aromatic amines is 1. The lowest BCUT2D eigenvalue weighted by molar-refractivity contribution is 0.0938. The first kappa shape index (κ1) is 19.2. The summed E-state index contributed by atoms with van der Waals surface area (Å²) in [4.78, 5) is 21.3. The third-order valence-corrected chi connectivity index (χ3v) is 6.75. The Labute approximate surface area is 174 Å². The largest absolute Gasteiger partial charge is 0.341 e. The number of halogens is 2. The van der Waals surface area contributed by atoms with Crippen LogP contribution in [0, 0.1) is 5.82 Å². The molecule has 2 aromatic carbocycles. The van der Waals surface area contributed by atoms with Gasteiger partial charge in [0.2, 0.25) is 0 Å². The van der Waals surface area contributed by atoms with E-state index >= 15 is 0 Å². The number of thiophene rings is 1. The lowest BCUT2D eigenvalue weighted by atomic mass is 10.2. The van der Waals surface area contributed by atoms with Gasteiger partial charge in [-0.2, -0.15) is 11.8 Å². The van der Waals surface area contributed by atoms with E-state index in [0.29, 0.717) is 25.8 Å². The smallest absolute Gasteiger partial charge is 0.263 e. The van der Waals surface area contributed by atoms with Gasteiger partial charge in [-0.3, -0.25) is 4.79 Å². The number of H-pyrrole nitrogens is 1. The lowest BCUT2D eigenvalue weighted by Gasteiger charge is -2.16. The summed E-state index contributed by atoms with van der Waals surface area (Å²) in [5.41, 5.74) is 1.78. The van der Waals surface area contributed by atoms with Gasteiger partial charge in [-0.05, 0) is 48.8 Å². The molecule has 1 atom stereocenters. The standard InChI is InChI=1S/C20H17ClFN3OS2/c1-27-9-8-15(19-23-13-4-2-3-5-14(13)24-19)25-20(26)18-17(21)12-7-6-11(22)10-16(12)28-18/h2-7,10,15H,8-9H2,1H3,(H,23,24)(H,25,26). The van der Waals surface area contributed by atoms with Gasteiger partial charge < -0.3 is 10.3 Å². The summed E-state index contributed by atoms with van der Waals surface area (Å²) in [7, 11) is 0. The number of hydrogen-bond acceptors (Lipinski definition) is 4. The zero-order valence-corrected chi connectivity index (χ0v) is 17.3. The Balaban J connectivity index is 1.64. The lowest BCUT2D eigenvalue weighted by Crippen LogP contribution is -2.29. The number of nitrogens with zero attached hydrogens (tertiary/aromatic N) is 1.